The fraction of sp³-hybridized carbons (Fsp3) is 0.312. The van der Waals surface area contributed by atoms with Gasteiger partial charge in [-0.1, -0.05) is 36.4 Å². The lowest BCUT2D eigenvalue weighted by atomic mass is 10.1. The standard InChI is InChI=1S/C16H19NO3/c1-3-19-16(18)14(17-2)11-20-15-10-6-8-12-7-4-5-9-13(12)15/h4-10,14,17H,3,11H2,1-2H3. The summed E-state index contributed by atoms with van der Waals surface area (Å²) in [7, 11) is 1.72. The molecule has 20 heavy (non-hydrogen) atoms. The number of fused-ring (bicyclic) bond motifs is 1. The molecule has 0 aliphatic carbocycles. The monoisotopic (exact) mass is 273 g/mol. The van der Waals surface area contributed by atoms with Gasteiger partial charge in [0.05, 0.1) is 6.61 Å². The normalized spacial score (nSPS) is 12.1. The van der Waals surface area contributed by atoms with Crippen molar-refractivity contribution in [2.24, 2.45) is 0 Å². The molecule has 0 spiro atoms. The second kappa shape index (κ2) is 6.91. The molecule has 1 unspecified atom stereocenters. The second-order valence-corrected chi connectivity index (χ2v) is 4.38. The van der Waals surface area contributed by atoms with Gasteiger partial charge in [-0.15, -0.1) is 0 Å². The van der Waals surface area contributed by atoms with E-state index in [4.69, 9.17) is 9.47 Å². The van der Waals surface area contributed by atoms with Crippen LogP contribution in [-0.4, -0.2) is 32.3 Å². The number of likely N-dealkylation sites (N-methyl/N-ethyl adjacent to an activating group) is 1. The molecule has 4 heteroatoms. The summed E-state index contributed by atoms with van der Waals surface area (Å²) >= 11 is 0. The Morgan fingerprint density at radius 3 is 2.70 bits per heavy atom. The Morgan fingerprint density at radius 1 is 1.20 bits per heavy atom. The van der Waals surface area contributed by atoms with Crippen LogP contribution in [0.2, 0.25) is 0 Å². The summed E-state index contributed by atoms with van der Waals surface area (Å²) in [5.41, 5.74) is 0. The van der Waals surface area contributed by atoms with Crippen molar-refractivity contribution < 1.29 is 14.3 Å². The molecule has 0 fully saturated rings. The van der Waals surface area contributed by atoms with Gasteiger partial charge in [0.15, 0.2) is 0 Å². The lowest BCUT2D eigenvalue weighted by molar-refractivity contribution is -0.146. The summed E-state index contributed by atoms with van der Waals surface area (Å²) < 4.78 is 10.8. The molecule has 0 saturated heterocycles. The fourth-order valence-corrected chi connectivity index (χ4v) is 2.01. The predicted molar refractivity (Wildman–Crippen MR) is 78.9 cm³/mol. The third-order valence-corrected chi connectivity index (χ3v) is 3.07. The Morgan fingerprint density at radius 2 is 1.95 bits per heavy atom. The predicted octanol–water partition coefficient (Wildman–Crippen LogP) is 2.37. The maximum atomic E-state index is 11.7. The molecule has 2 rings (SSSR count). The summed E-state index contributed by atoms with van der Waals surface area (Å²) in [4.78, 5) is 11.7. The quantitative estimate of drug-likeness (QED) is 0.821. The molecule has 0 amide bonds. The first kappa shape index (κ1) is 14.3. The summed E-state index contributed by atoms with van der Waals surface area (Å²) in [5, 5.41) is 5.05. The van der Waals surface area contributed by atoms with Crippen molar-refractivity contribution in [2.45, 2.75) is 13.0 Å². The highest BCUT2D eigenvalue weighted by Gasteiger charge is 2.18. The molecule has 1 N–H and O–H groups in total. The molecule has 106 valence electrons. The number of carbonyl (C=O) groups excluding carboxylic acids is 1. The second-order valence-electron chi connectivity index (χ2n) is 4.38. The van der Waals surface area contributed by atoms with Crippen LogP contribution in [0.1, 0.15) is 6.92 Å². The van der Waals surface area contributed by atoms with Gasteiger partial charge in [0.1, 0.15) is 18.4 Å². The van der Waals surface area contributed by atoms with Gasteiger partial charge in [0, 0.05) is 5.39 Å². The molecular formula is C16H19NO3. The minimum atomic E-state index is -0.464. The minimum absolute atomic E-state index is 0.239. The number of esters is 1. The van der Waals surface area contributed by atoms with E-state index in [1.807, 2.05) is 42.5 Å². The van der Waals surface area contributed by atoms with Crippen LogP contribution in [0, 0.1) is 0 Å². The molecule has 0 radical (unpaired) electrons. The van der Waals surface area contributed by atoms with Crippen LogP contribution < -0.4 is 10.1 Å². The molecule has 1 atom stereocenters. The van der Waals surface area contributed by atoms with Gasteiger partial charge in [-0.25, -0.2) is 0 Å². The van der Waals surface area contributed by atoms with E-state index in [0.717, 1.165) is 16.5 Å². The highest BCUT2D eigenvalue weighted by Crippen LogP contribution is 2.25. The number of benzene rings is 2. The van der Waals surface area contributed by atoms with Gasteiger partial charge < -0.3 is 14.8 Å². The van der Waals surface area contributed by atoms with Gasteiger partial charge in [0.25, 0.3) is 0 Å². The third kappa shape index (κ3) is 3.27. The van der Waals surface area contributed by atoms with Crippen molar-refractivity contribution in [1.29, 1.82) is 0 Å². The summed E-state index contributed by atoms with van der Waals surface area (Å²) in [5.74, 6) is 0.475. The van der Waals surface area contributed by atoms with Gasteiger partial charge in [-0.2, -0.15) is 0 Å². The Labute approximate surface area is 118 Å². The molecule has 0 bridgehead atoms. The van der Waals surface area contributed by atoms with Crippen molar-refractivity contribution in [3.8, 4) is 5.75 Å². The maximum Gasteiger partial charge on any atom is 0.326 e. The van der Waals surface area contributed by atoms with E-state index in [0.29, 0.717) is 6.61 Å². The largest absolute Gasteiger partial charge is 0.491 e. The van der Waals surface area contributed by atoms with Gasteiger partial charge in [-0.3, -0.25) is 4.79 Å². The van der Waals surface area contributed by atoms with Gasteiger partial charge in [-0.05, 0) is 25.4 Å². The molecule has 2 aromatic carbocycles. The van der Waals surface area contributed by atoms with Crippen molar-refractivity contribution >= 4 is 16.7 Å². The van der Waals surface area contributed by atoms with Crippen molar-refractivity contribution in [3.63, 3.8) is 0 Å². The average molecular weight is 273 g/mol. The number of hydrogen-bond donors (Lipinski definition) is 1. The van der Waals surface area contributed by atoms with Crippen LogP contribution in [0.4, 0.5) is 0 Å². The Kier molecular flexibility index (Phi) is 4.96. The van der Waals surface area contributed by atoms with Crippen LogP contribution in [0.5, 0.6) is 5.75 Å². The van der Waals surface area contributed by atoms with Gasteiger partial charge >= 0.3 is 5.97 Å². The third-order valence-electron chi connectivity index (χ3n) is 3.07. The van der Waals surface area contributed by atoms with E-state index in [1.165, 1.54) is 0 Å². The van der Waals surface area contributed by atoms with Crippen molar-refractivity contribution in [3.05, 3.63) is 42.5 Å². The van der Waals surface area contributed by atoms with E-state index in [2.05, 4.69) is 5.32 Å². The summed E-state index contributed by atoms with van der Waals surface area (Å²) in [6.45, 7) is 2.39. The first-order valence-electron chi connectivity index (χ1n) is 6.70. The lowest BCUT2D eigenvalue weighted by Gasteiger charge is -2.16. The van der Waals surface area contributed by atoms with Crippen molar-refractivity contribution in [2.75, 3.05) is 20.3 Å². The van der Waals surface area contributed by atoms with Gasteiger partial charge in [0.2, 0.25) is 0 Å². The number of rotatable bonds is 6. The zero-order valence-electron chi connectivity index (χ0n) is 11.8. The van der Waals surface area contributed by atoms with E-state index < -0.39 is 6.04 Å². The van der Waals surface area contributed by atoms with E-state index in [9.17, 15) is 4.79 Å². The van der Waals surface area contributed by atoms with Crippen LogP contribution >= 0.6 is 0 Å². The smallest absolute Gasteiger partial charge is 0.326 e. The zero-order chi connectivity index (χ0) is 14.4. The number of ether oxygens (including phenoxy) is 2. The van der Waals surface area contributed by atoms with E-state index in [-0.39, 0.29) is 12.6 Å². The topological polar surface area (TPSA) is 47.6 Å². The molecular weight excluding hydrogens is 254 g/mol. The Balaban J connectivity index is 2.10. The first-order chi connectivity index (χ1) is 9.76. The maximum absolute atomic E-state index is 11.7. The average Bonchev–Trinajstić information content (AvgIpc) is 2.48. The molecule has 0 heterocycles. The highest BCUT2D eigenvalue weighted by atomic mass is 16.5. The van der Waals surface area contributed by atoms with Crippen LogP contribution in [0.15, 0.2) is 42.5 Å². The number of nitrogens with one attached hydrogen (secondary N) is 1. The van der Waals surface area contributed by atoms with Crippen molar-refractivity contribution in [1.82, 2.24) is 5.32 Å². The molecule has 0 aliphatic heterocycles. The van der Waals surface area contributed by atoms with E-state index in [1.54, 1.807) is 14.0 Å². The van der Waals surface area contributed by atoms with E-state index >= 15 is 0 Å². The fourth-order valence-electron chi connectivity index (χ4n) is 2.01. The van der Waals surface area contributed by atoms with Crippen LogP contribution in [0.25, 0.3) is 10.8 Å². The molecule has 0 saturated carbocycles. The molecule has 4 nitrogen and oxygen atoms in total. The summed E-state index contributed by atoms with van der Waals surface area (Å²) in [6.07, 6.45) is 0. The van der Waals surface area contributed by atoms with Crippen LogP contribution in [0.3, 0.4) is 0 Å². The lowest BCUT2D eigenvalue weighted by Crippen LogP contribution is -2.40. The highest BCUT2D eigenvalue weighted by molar-refractivity contribution is 5.88. The zero-order valence-corrected chi connectivity index (χ0v) is 11.8. The number of hydrogen-bond acceptors (Lipinski definition) is 4. The Hall–Kier alpha value is -2.07. The SMILES string of the molecule is CCOC(=O)C(COc1cccc2ccccc12)NC. The Bertz CT molecular complexity index is 577. The summed E-state index contributed by atoms with van der Waals surface area (Å²) in [6, 6.07) is 13.4. The molecule has 0 aliphatic rings. The number of carbonyl (C=O) groups is 1. The molecule has 0 aromatic heterocycles. The van der Waals surface area contributed by atoms with Crippen LogP contribution in [-0.2, 0) is 9.53 Å². The minimum Gasteiger partial charge on any atom is -0.491 e. The molecule has 2 aromatic rings. The first-order valence-corrected chi connectivity index (χ1v) is 6.70.